The molecule has 4 unspecified atom stereocenters. The minimum Gasteiger partial charge on any atom is -0.492 e. The predicted octanol–water partition coefficient (Wildman–Crippen LogP) is 5.14. The highest BCUT2D eigenvalue weighted by Gasteiger charge is 2.38. The SMILES string of the molecule is CCCOc1ccc(NC(C)C2CC3C=CC2C3)cc1Cl. The van der Waals surface area contributed by atoms with Gasteiger partial charge in [-0.25, -0.2) is 0 Å². The van der Waals surface area contributed by atoms with E-state index in [4.69, 9.17) is 16.3 Å². The number of nitrogens with one attached hydrogen (secondary N) is 1. The van der Waals surface area contributed by atoms with Crippen molar-refractivity contribution in [3.05, 3.63) is 35.4 Å². The summed E-state index contributed by atoms with van der Waals surface area (Å²) < 4.78 is 5.62. The summed E-state index contributed by atoms with van der Waals surface area (Å²) in [6.45, 7) is 5.09. The van der Waals surface area contributed by atoms with E-state index in [2.05, 4.69) is 37.4 Å². The summed E-state index contributed by atoms with van der Waals surface area (Å²) in [6.07, 6.45) is 8.46. The first kappa shape index (κ1) is 14.8. The van der Waals surface area contributed by atoms with Gasteiger partial charge in [-0.3, -0.25) is 0 Å². The Morgan fingerprint density at radius 2 is 2.19 bits per heavy atom. The minimum absolute atomic E-state index is 0.475. The largest absolute Gasteiger partial charge is 0.492 e. The van der Waals surface area contributed by atoms with Crippen molar-refractivity contribution in [2.24, 2.45) is 17.8 Å². The highest BCUT2D eigenvalue weighted by atomic mass is 35.5. The molecule has 21 heavy (non-hydrogen) atoms. The molecule has 2 nitrogen and oxygen atoms in total. The molecule has 0 heterocycles. The lowest BCUT2D eigenvalue weighted by molar-refractivity contribution is 0.317. The lowest BCUT2D eigenvalue weighted by atomic mass is 9.87. The molecule has 0 saturated heterocycles. The summed E-state index contributed by atoms with van der Waals surface area (Å²) in [5, 5.41) is 4.31. The summed E-state index contributed by atoms with van der Waals surface area (Å²) in [5.41, 5.74) is 1.09. The Labute approximate surface area is 132 Å². The van der Waals surface area contributed by atoms with Gasteiger partial charge in [0, 0.05) is 11.7 Å². The second-order valence-electron chi connectivity index (χ2n) is 6.37. The lowest BCUT2D eigenvalue weighted by Crippen LogP contribution is -2.28. The lowest BCUT2D eigenvalue weighted by Gasteiger charge is -2.27. The second kappa shape index (κ2) is 6.31. The molecule has 3 heteroatoms. The average Bonchev–Trinajstić information content (AvgIpc) is 3.09. The molecule has 2 bridgehead atoms. The number of allylic oxidation sites excluding steroid dienone is 2. The number of benzene rings is 1. The first-order chi connectivity index (χ1) is 10.2. The van der Waals surface area contributed by atoms with Gasteiger partial charge in [-0.2, -0.15) is 0 Å². The van der Waals surface area contributed by atoms with Gasteiger partial charge < -0.3 is 10.1 Å². The van der Waals surface area contributed by atoms with E-state index in [-0.39, 0.29) is 0 Å². The third-order valence-electron chi connectivity index (χ3n) is 4.76. The van der Waals surface area contributed by atoms with Crippen LogP contribution in [0.4, 0.5) is 5.69 Å². The Kier molecular flexibility index (Phi) is 4.44. The summed E-state index contributed by atoms with van der Waals surface area (Å²) in [5.74, 6) is 3.10. The summed E-state index contributed by atoms with van der Waals surface area (Å²) in [4.78, 5) is 0. The predicted molar refractivity (Wildman–Crippen MR) is 89.2 cm³/mol. The van der Waals surface area contributed by atoms with Gasteiger partial charge in [-0.1, -0.05) is 30.7 Å². The van der Waals surface area contributed by atoms with Crippen molar-refractivity contribution in [2.75, 3.05) is 11.9 Å². The van der Waals surface area contributed by atoms with Crippen molar-refractivity contribution in [2.45, 2.75) is 39.2 Å². The fourth-order valence-corrected chi connectivity index (χ4v) is 3.92. The quantitative estimate of drug-likeness (QED) is 0.735. The monoisotopic (exact) mass is 305 g/mol. The Balaban J connectivity index is 1.62. The van der Waals surface area contributed by atoms with Crippen molar-refractivity contribution in [3.63, 3.8) is 0 Å². The van der Waals surface area contributed by atoms with Gasteiger partial charge in [0.05, 0.1) is 11.6 Å². The van der Waals surface area contributed by atoms with Crippen molar-refractivity contribution in [1.29, 1.82) is 0 Å². The van der Waals surface area contributed by atoms with E-state index in [9.17, 15) is 0 Å². The fourth-order valence-electron chi connectivity index (χ4n) is 3.69. The molecule has 2 aliphatic rings. The van der Waals surface area contributed by atoms with Crippen molar-refractivity contribution in [3.8, 4) is 5.75 Å². The highest BCUT2D eigenvalue weighted by Crippen LogP contribution is 2.45. The van der Waals surface area contributed by atoms with Crippen LogP contribution in [0.25, 0.3) is 0 Å². The van der Waals surface area contributed by atoms with Crippen molar-refractivity contribution < 1.29 is 4.74 Å². The van der Waals surface area contributed by atoms with Crippen molar-refractivity contribution >= 4 is 17.3 Å². The van der Waals surface area contributed by atoms with Gasteiger partial charge in [0.2, 0.25) is 0 Å². The molecule has 0 aromatic heterocycles. The molecule has 0 amide bonds. The molecular formula is C18H24ClNO. The summed E-state index contributed by atoms with van der Waals surface area (Å²) in [6, 6.07) is 6.49. The zero-order valence-electron chi connectivity index (χ0n) is 12.8. The molecule has 1 aromatic rings. The first-order valence-corrected chi connectivity index (χ1v) is 8.42. The minimum atomic E-state index is 0.475. The highest BCUT2D eigenvalue weighted by molar-refractivity contribution is 6.32. The maximum absolute atomic E-state index is 6.30. The van der Waals surface area contributed by atoms with Crippen LogP contribution in [0.5, 0.6) is 5.75 Å². The summed E-state index contributed by atoms with van der Waals surface area (Å²) in [7, 11) is 0. The molecule has 0 spiro atoms. The first-order valence-electron chi connectivity index (χ1n) is 8.04. The van der Waals surface area contributed by atoms with Crippen LogP contribution in [0.15, 0.2) is 30.4 Å². The Morgan fingerprint density at radius 3 is 2.81 bits per heavy atom. The molecule has 1 N–H and O–H groups in total. The third kappa shape index (κ3) is 3.21. The molecule has 1 fully saturated rings. The molecule has 0 aliphatic heterocycles. The van der Waals surface area contributed by atoms with Gasteiger partial charge in [-0.15, -0.1) is 0 Å². The Bertz CT molecular complexity index is 528. The molecule has 3 rings (SSSR count). The van der Waals surface area contributed by atoms with E-state index in [1.807, 2.05) is 12.1 Å². The van der Waals surface area contributed by atoms with Crippen LogP contribution in [0.1, 0.15) is 33.1 Å². The van der Waals surface area contributed by atoms with Crippen LogP contribution < -0.4 is 10.1 Å². The number of anilines is 1. The van der Waals surface area contributed by atoms with Gasteiger partial charge in [0.15, 0.2) is 0 Å². The molecule has 114 valence electrons. The average molecular weight is 306 g/mol. The number of rotatable bonds is 6. The molecular weight excluding hydrogens is 282 g/mol. The number of fused-ring (bicyclic) bond motifs is 2. The summed E-state index contributed by atoms with van der Waals surface area (Å²) >= 11 is 6.30. The van der Waals surface area contributed by atoms with Crippen molar-refractivity contribution in [1.82, 2.24) is 0 Å². The van der Waals surface area contributed by atoms with Gasteiger partial charge in [-0.05, 0) is 62.1 Å². The van der Waals surface area contributed by atoms with Crippen LogP contribution >= 0.6 is 11.6 Å². The molecule has 2 aliphatic carbocycles. The van der Waals surface area contributed by atoms with E-state index >= 15 is 0 Å². The maximum Gasteiger partial charge on any atom is 0.138 e. The standard InChI is InChI=1S/C18H24ClNO/c1-3-8-21-18-7-6-15(11-17(18)19)20-12(2)16-10-13-4-5-14(16)9-13/h4-7,11-14,16,20H,3,8-10H2,1-2H3. The fraction of sp³-hybridized carbons (Fsp3) is 0.556. The number of halogens is 1. The van der Waals surface area contributed by atoms with E-state index in [0.29, 0.717) is 17.7 Å². The Hall–Kier alpha value is -1.15. The van der Waals surface area contributed by atoms with Crippen LogP contribution in [-0.2, 0) is 0 Å². The van der Waals surface area contributed by atoms with Crippen LogP contribution in [0, 0.1) is 17.8 Å². The molecule has 1 aromatic carbocycles. The third-order valence-corrected chi connectivity index (χ3v) is 5.06. The smallest absolute Gasteiger partial charge is 0.138 e. The molecule has 1 saturated carbocycles. The van der Waals surface area contributed by atoms with Gasteiger partial charge in [0.25, 0.3) is 0 Å². The molecule has 0 radical (unpaired) electrons. The number of hydrogen-bond acceptors (Lipinski definition) is 2. The van der Waals surface area contributed by atoms with Crippen LogP contribution in [-0.4, -0.2) is 12.6 Å². The number of hydrogen-bond donors (Lipinski definition) is 1. The molecule has 4 atom stereocenters. The van der Waals surface area contributed by atoms with E-state index in [0.717, 1.165) is 35.6 Å². The van der Waals surface area contributed by atoms with E-state index in [1.54, 1.807) is 0 Å². The maximum atomic E-state index is 6.30. The van der Waals surface area contributed by atoms with Crippen LogP contribution in [0.3, 0.4) is 0 Å². The van der Waals surface area contributed by atoms with Gasteiger partial charge in [0.1, 0.15) is 5.75 Å². The zero-order valence-corrected chi connectivity index (χ0v) is 13.6. The topological polar surface area (TPSA) is 21.3 Å². The Morgan fingerprint density at radius 1 is 1.33 bits per heavy atom. The van der Waals surface area contributed by atoms with E-state index in [1.165, 1.54) is 12.8 Å². The van der Waals surface area contributed by atoms with Gasteiger partial charge >= 0.3 is 0 Å². The van der Waals surface area contributed by atoms with Crippen LogP contribution in [0.2, 0.25) is 5.02 Å². The normalized spacial score (nSPS) is 27.9. The van der Waals surface area contributed by atoms with E-state index < -0.39 is 0 Å². The number of ether oxygens (including phenoxy) is 1. The zero-order chi connectivity index (χ0) is 14.8. The second-order valence-corrected chi connectivity index (χ2v) is 6.78.